The lowest BCUT2D eigenvalue weighted by molar-refractivity contribution is 0.210. The van der Waals surface area contributed by atoms with Crippen LogP contribution in [-0.2, 0) is 10.0 Å². The third-order valence-electron chi connectivity index (χ3n) is 6.91. The zero-order valence-corrected chi connectivity index (χ0v) is 19.5. The van der Waals surface area contributed by atoms with Crippen molar-refractivity contribution in [1.82, 2.24) is 4.31 Å². The number of ether oxygens (including phenoxy) is 1. The molecule has 3 aromatic carbocycles. The Labute approximate surface area is 194 Å². The number of fused-ring (bicyclic) bond motifs is 3. The van der Waals surface area contributed by atoms with Gasteiger partial charge in [0.2, 0.25) is 10.0 Å². The number of aliphatic hydroxyl groups is 1. The minimum absolute atomic E-state index is 0.0122. The summed E-state index contributed by atoms with van der Waals surface area (Å²) < 4.78 is 34.6. The maximum atomic E-state index is 13.8. The quantitative estimate of drug-likeness (QED) is 0.591. The van der Waals surface area contributed by atoms with Gasteiger partial charge in [0.05, 0.1) is 30.7 Å². The summed E-state index contributed by atoms with van der Waals surface area (Å²) >= 11 is 0. The molecule has 0 spiro atoms. The van der Waals surface area contributed by atoms with Crippen LogP contribution in [0.4, 0.5) is 5.69 Å². The molecule has 0 bridgehead atoms. The van der Waals surface area contributed by atoms with Gasteiger partial charge in [0.1, 0.15) is 5.75 Å². The van der Waals surface area contributed by atoms with Gasteiger partial charge >= 0.3 is 0 Å². The lowest BCUT2D eigenvalue weighted by atomic mass is 9.82. The van der Waals surface area contributed by atoms with Gasteiger partial charge in [0.15, 0.2) is 0 Å². The van der Waals surface area contributed by atoms with E-state index in [-0.39, 0.29) is 24.6 Å². The highest BCUT2D eigenvalue weighted by Crippen LogP contribution is 2.49. The van der Waals surface area contributed by atoms with Gasteiger partial charge in [0.25, 0.3) is 0 Å². The first-order chi connectivity index (χ1) is 15.9. The van der Waals surface area contributed by atoms with E-state index < -0.39 is 10.0 Å². The van der Waals surface area contributed by atoms with Crippen molar-refractivity contribution >= 4 is 15.7 Å². The molecule has 2 heterocycles. The summed E-state index contributed by atoms with van der Waals surface area (Å²) in [5.41, 5.74) is 4.55. The molecule has 2 N–H and O–H groups in total. The van der Waals surface area contributed by atoms with E-state index in [1.807, 2.05) is 55.5 Å². The highest BCUT2D eigenvalue weighted by atomic mass is 32.2. The van der Waals surface area contributed by atoms with Crippen LogP contribution in [-0.4, -0.2) is 44.1 Å². The summed E-state index contributed by atoms with van der Waals surface area (Å²) in [6.45, 7) is 2.21. The summed E-state index contributed by atoms with van der Waals surface area (Å²) in [5, 5.41) is 13.5. The molecule has 6 nitrogen and oxygen atoms in total. The second-order valence-corrected chi connectivity index (χ2v) is 10.6. The fourth-order valence-electron chi connectivity index (χ4n) is 5.24. The van der Waals surface area contributed by atoms with Crippen molar-refractivity contribution in [3.8, 4) is 16.9 Å². The molecule has 7 heteroatoms. The minimum Gasteiger partial charge on any atom is -0.497 e. The van der Waals surface area contributed by atoms with E-state index >= 15 is 0 Å². The topological polar surface area (TPSA) is 78.9 Å². The molecule has 33 heavy (non-hydrogen) atoms. The Hall–Kier alpha value is -2.87. The Morgan fingerprint density at radius 1 is 1.06 bits per heavy atom. The predicted octanol–water partition coefficient (Wildman–Crippen LogP) is 4.21. The SMILES string of the molecule is COc1cccc(-c2ccc3c(c2)[C@@H]2[C@@H](CCN2S(=O)(=O)c2ccccc2C)[C@@H](CO)N3)c1. The van der Waals surface area contributed by atoms with E-state index in [1.54, 1.807) is 23.5 Å². The van der Waals surface area contributed by atoms with Crippen molar-refractivity contribution in [3.63, 3.8) is 0 Å². The molecule has 2 aliphatic rings. The van der Waals surface area contributed by atoms with E-state index in [0.717, 1.165) is 33.7 Å². The van der Waals surface area contributed by atoms with E-state index in [9.17, 15) is 13.5 Å². The van der Waals surface area contributed by atoms with Gasteiger partial charge in [-0.25, -0.2) is 8.42 Å². The number of benzene rings is 3. The highest BCUT2D eigenvalue weighted by molar-refractivity contribution is 7.89. The fraction of sp³-hybridized carbons (Fsp3) is 0.308. The predicted molar refractivity (Wildman–Crippen MR) is 129 cm³/mol. The molecule has 0 unspecified atom stereocenters. The standard InChI is InChI=1S/C26H28N2O4S/c1-17-6-3-4-9-25(17)33(30,31)28-13-12-21-24(16-29)27-23-11-10-19(15-22(23)26(21)28)18-7-5-8-20(14-18)32-2/h3-11,14-15,21,24,26-27,29H,12-13,16H2,1-2H3/t21-,24+,26-/m0/s1. The average Bonchev–Trinajstić information content (AvgIpc) is 3.30. The summed E-state index contributed by atoms with van der Waals surface area (Å²) in [5.74, 6) is 0.757. The molecular formula is C26H28N2O4S. The van der Waals surface area contributed by atoms with Gasteiger partial charge < -0.3 is 15.2 Å². The van der Waals surface area contributed by atoms with Crippen LogP contribution < -0.4 is 10.1 Å². The van der Waals surface area contributed by atoms with Crippen LogP contribution in [0, 0.1) is 12.8 Å². The van der Waals surface area contributed by atoms with Crippen LogP contribution in [0.5, 0.6) is 5.75 Å². The van der Waals surface area contributed by atoms with Gasteiger partial charge in [0, 0.05) is 18.2 Å². The second-order valence-electron chi connectivity index (χ2n) is 8.75. The number of aryl methyl sites for hydroxylation is 1. The molecule has 0 aromatic heterocycles. The Bertz CT molecular complexity index is 1290. The molecule has 1 fully saturated rings. The smallest absolute Gasteiger partial charge is 0.243 e. The van der Waals surface area contributed by atoms with Crippen molar-refractivity contribution in [2.45, 2.75) is 30.3 Å². The van der Waals surface area contributed by atoms with E-state index in [0.29, 0.717) is 17.9 Å². The lowest BCUT2D eigenvalue weighted by Gasteiger charge is -2.39. The average molecular weight is 465 g/mol. The number of sulfonamides is 1. The first kappa shape index (κ1) is 21.9. The number of nitrogens with one attached hydrogen (secondary N) is 1. The van der Waals surface area contributed by atoms with Crippen LogP contribution in [0.25, 0.3) is 11.1 Å². The Morgan fingerprint density at radius 2 is 1.85 bits per heavy atom. The van der Waals surface area contributed by atoms with Crippen LogP contribution >= 0.6 is 0 Å². The molecule has 0 amide bonds. The van der Waals surface area contributed by atoms with E-state index in [2.05, 4.69) is 11.4 Å². The molecule has 0 saturated carbocycles. The Kier molecular flexibility index (Phi) is 5.64. The zero-order chi connectivity index (χ0) is 23.2. The van der Waals surface area contributed by atoms with Crippen molar-refractivity contribution in [2.24, 2.45) is 5.92 Å². The largest absolute Gasteiger partial charge is 0.497 e. The number of rotatable bonds is 5. The third-order valence-corrected chi connectivity index (χ3v) is 8.95. The normalized spacial score (nSPS) is 22.3. The van der Waals surface area contributed by atoms with Gasteiger partial charge in [-0.3, -0.25) is 0 Å². The maximum Gasteiger partial charge on any atom is 0.243 e. The number of hydrogen-bond acceptors (Lipinski definition) is 5. The molecule has 172 valence electrons. The molecule has 3 aromatic rings. The number of hydrogen-bond donors (Lipinski definition) is 2. The summed E-state index contributed by atoms with van der Waals surface area (Å²) in [6, 6.07) is 20.5. The second kappa shape index (κ2) is 8.48. The first-order valence-corrected chi connectivity index (χ1v) is 12.6. The summed E-state index contributed by atoms with van der Waals surface area (Å²) in [7, 11) is -2.06. The maximum absolute atomic E-state index is 13.8. The Morgan fingerprint density at radius 3 is 2.61 bits per heavy atom. The van der Waals surface area contributed by atoms with Gasteiger partial charge in [-0.2, -0.15) is 4.31 Å². The highest BCUT2D eigenvalue weighted by Gasteiger charge is 2.48. The molecule has 2 aliphatic heterocycles. The van der Waals surface area contributed by atoms with Crippen molar-refractivity contribution < 1.29 is 18.3 Å². The summed E-state index contributed by atoms with van der Waals surface area (Å²) in [6.07, 6.45) is 0.691. The van der Waals surface area contributed by atoms with Crippen LogP contribution in [0.15, 0.2) is 71.6 Å². The molecule has 0 radical (unpaired) electrons. The first-order valence-electron chi connectivity index (χ1n) is 11.2. The van der Waals surface area contributed by atoms with Crippen LogP contribution in [0.2, 0.25) is 0 Å². The zero-order valence-electron chi connectivity index (χ0n) is 18.7. The molecule has 5 rings (SSSR count). The number of anilines is 1. The van der Waals surface area contributed by atoms with Crippen molar-refractivity contribution in [2.75, 3.05) is 25.6 Å². The van der Waals surface area contributed by atoms with Gasteiger partial charge in [-0.05, 0) is 65.9 Å². The molecular weight excluding hydrogens is 436 g/mol. The Balaban J connectivity index is 1.62. The number of nitrogens with zero attached hydrogens (tertiary/aromatic N) is 1. The van der Waals surface area contributed by atoms with Gasteiger partial charge in [-0.15, -0.1) is 0 Å². The number of methoxy groups -OCH3 is 1. The minimum atomic E-state index is -3.70. The molecule has 1 saturated heterocycles. The summed E-state index contributed by atoms with van der Waals surface area (Å²) in [4.78, 5) is 0.343. The van der Waals surface area contributed by atoms with Crippen molar-refractivity contribution in [1.29, 1.82) is 0 Å². The number of aliphatic hydroxyl groups excluding tert-OH is 1. The fourth-order valence-corrected chi connectivity index (χ4v) is 7.14. The van der Waals surface area contributed by atoms with Crippen LogP contribution in [0.1, 0.15) is 23.6 Å². The van der Waals surface area contributed by atoms with Gasteiger partial charge in [-0.1, -0.05) is 36.4 Å². The van der Waals surface area contributed by atoms with E-state index in [4.69, 9.17) is 4.74 Å². The van der Waals surface area contributed by atoms with Crippen LogP contribution in [0.3, 0.4) is 0 Å². The monoisotopic (exact) mass is 464 g/mol. The lowest BCUT2D eigenvalue weighted by Crippen LogP contribution is -2.42. The van der Waals surface area contributed by atoms with Crippen molar-refractivity contribution in [3.05, 3.63) is 77.9 Å². The molecule has 0 aliphatic carbocycles. The van der Waals surface area contributed by atoms with E-state index in [1.165, 1.54) is 0 Å². The third kappa shape index (κ3) is 3.70. The molecule has 3 atom stereocenters.